The molecular weight excluding hydrogens is 408 g/mol. The van der Waals surface area contributed by atoms with Gasteiger partial charge in [-0.15, -0.1) is 5.10 Å². The Morgan fingerprint density at radius 1 is 1.10 bits per heavy atom. The average molecular weight is 426 g/mol. The van der Waals surface area contributed by atoms with Crippen molar-refractivity contribution in [3.63, 3.8) is 0 Å². The van der Waals surface area contributed by atoms with E-state index in [-0.39, 0.29) is 41.6 Å². The van der Waals surface area contributed by atoms with Gasteiger partial charge in [-0.05, 0) is 36.4 Å². The van der Waals surface area contributed by atoms with E-state index in [1.807, 2.05) is 30.3 Å². The molecule has 3 aromatic rings. The number of aromatic nitrogens is 2. The Kier molecular flexibility index (Phi) is 5.08. The van der Waals surface area contributed by atoms with Crippen LogP contribution in [0.3, 0.4) is 0 Å². The number of carbonyl (C=O) groups excluding carboxylic acids is 2. The number of para-hydroxylation sites is 1. The van der Waals surface area contributed by atoms with Crippen molar-refractivity contribution in [3.05, 3.63) is 54.6 Å². The van der Waals surface area contributed by atoms with Gasteiger partial charge in [0, 0.05) is 30.5 Å². The fourth-order valence-electron chi connectivity index (χ4n) is 3.18. The third kappa shape index (κ3) is 4.08. The molecule has 1 unspecified atom stereocenters. The van der Waals surface area contributed by atoms with E-state index in [2.05, 4.69) is 15.5 Å². The second-order valence-corrected chi connectivity index (χ2v) is 8.95. The Bertz CT molecular complexity index is 1190. The number of benzene rings is 2. The Morgan fingerprint density at radius 3 is 2.47 bits per heavy atom. The van der Waals surface area contributed by atoms with E-state index in [4.69, 9.17) is 4.42 Å². The summed E-state index contributed by atoms with van der Waals surface area (Å²) in [6, 6.07) is 15.0. The molecule has 0 bridgehead atoms. The molecule has 2 amide bonds. The van der Waals surface area contributed by atoms with Gasteiger partial charge in [-0.25, -0.2) is 8.42 Å². The highest BCUT2D eigenvalue weighted by Crippen LogP contribution is 2.26. The molecule has 154 valence electrons. The zero-order valence-electron chi connectivity index (χ0n) is 16.0. The minimum Gasteiger partial charge on any atom is -0.403 e. The molecule has 1 saturated heterocycles. The number of nitrogens with zero attached hydrogens (tertiary/aromatic N) is 3. The highest BCUT2D eigenvalue weighted by Gasteiger charge is 2.35. The van der Waals surface area contributed by atoms with E-state index in [0.29, 0.717) is 5.56 Å². The molecule has 1 fully saturated rings. The van der Waals surface area contributed by atoms with Crippen molar-refractivity contribution in [1.29, 1.82) is 0 Å². The van der Waals surface area contributed by atoms with Crippen LogP contribution in [-0.4, -0.2) is 43.2 Å². The first-order chi connectivity index (χ1) is 14.3. The van der Waals surface area contributed by atoms with Gasteiger partial charge in [-0.3, -0.25) is 14.9 Å². The van der Waals surface area contributed by atoms with Crippen LogP contribution in [0.4, 0.5) is 11.7 Å². The molecule has 9 nitrogen and oxygen atoms in total. The third-order valence-electron chi connectivity index (χ3n) is 4.75. The molecule has 30 heavy (non-hydrogen) atoms. The fourth-order valence-corrected chi connectivity index (χ4v) is 3.81. The summed E-state index contributed by atoms with van der Waals surface area (Å²) in [6.07, 6.45) is 1.21. The average Bonchev–Trinajstić information content (AvgIpc) is 3.35. The molecule has 10 heteroatoms. The van der Waals surface area contributed by atoms with Gasteiger partial charge in [0.1, 0.15) is 0 Å². The van der Waals surface area contributed by atoms with Gasteiger partial charge >= 0.3 is 6.01 Å². The van der Waals surface area contributed by atoms with Crippen LogP contribution in [0.5, 0.6) is 0 Å². The van der Waals surface area contributed by atoms with E-state index >= 15 is 0 Å². The van der Waals surface area contributed by atoms with Gasteiger partial charge in [0.05, 0.1) is 10.8 Å². The summed E-state index contributed by atoms with van der Waals surface area (Å²) in [7, 11) is -3.31. The smallest absolute Gasteiger partial charge is 0.322 e. The summed E-state index contributed by atoms with van der Waals surface area (Å²) in [5.41, 5.74) is 1.26. The SMILES string of the molecule is CS(=O)(=O)c1ccc(-c2nnc(NC(=O)C3CC(=O)N(c4ccccc4)C3)o2)cc1. The van der Waals surface area contributed by atoms with Crippen molar-refractivity contribution >= 4 is 33.4 Å². The number of rotatable bonds is 5. The second-order valence-electron chi connectivity index (χ2n) is 6.94. The maximum absolute atomic E-state index is 12.6. The van der Waals surface area contributed by atoms with Gasteiger partial charge in [0.2, 0.25) is 17.7 Å². The van der Waals surface area contributed by atoms with E-state index in [9.17, 15) is 18.0 Å². The largest absolute Gasteiger partial charge is 0.403 e. The molecule has 1 N–H and O–H groups in total. The molecule has 2 aromatic carbocycles. The Hall–Kier alpha value is -3.53. The molecule has 1 aliphatic heterocycles. The Morgan fingerprint density at radius 2 is 1.80 bits per heavy atom. The summed E-state index contributed by atoms with van der Waals surface area (Å²) in [4.78, 5) is 26.6. The van der Waals surface area contributed by atoms with Crippen LogP contribution in [0, 0.1) is 5.92 Å². The van der Waals surface area contributed by atoms with Gasteiger partial charge in [-0.2, -0.15) is 0 Å². The zero-order chi connectivity index (χ0) is 21.3. The van der Waals surface area contributed by atoms with E-state index < -0.39 is 15.8 Å². The monoisotopic (exact) mass is 426 g/mol. The Balaban J connectivity index is 1.43. The number of hydrogen-bond acceptors (Lipinski definition) is 7. The molecule has 0 radical (unpaired) electrons. The predicted octanol–water partition coefficient (Wildman–Crippen LogP) is 2.13. The number of carbonyl (C=O) groups is 2. The van der Waals surface area contributed by atoms with Crippen molar-refractivity contribution in [2.45, 2.75) is 11.3 Å². The van der Waals surface area contributed by atoms with E-state index in [1.165, 1.54) is 12.1 Å². The minimum absolute atomic E-state index is 0.0900. The maximum Gasteiger partial charge on any atom is 0.322 e. The second kappa shape index (κ2) is 7.71. The lowest BCUT2D eigenvalue weighted by Crippen LogP contribution is -2.28. The van der Waals surface area contributed by atoms with Crippen molar-refractivity contribution in [2.75, 3.05) is 23.0 Å². The number of anilines is 2. The molecule has 4 rings (SSSR count). The minimum atomic E-state index is -3.31. The number of sulfone groups is 1. The molecule has 2 heterocycles. The number of hydrogen-bond donors (Lipinski definition) is 1. The lowest BCUT2D eigenvalue weighted by Gasteiger charge is -2.16. The number of amides is 2. The van der Waals surface area contributed by atoms with Crippen LogP contribution in [0.1, 0.15) is 6.42 Å². The summed E-state index contributed by atoms with van der Waals surface area (Å²) in [5, 5.41) is 10.2. The molecule has 1 aromatic heterocycles. The quantitative estimate of drug-likeness (QED) is 0.663. The van der Waals surface area contributed by atoms with Crippen LogP contribution in [-0.2, 0) is 19.4 Å². The molecule has 0 spiro atoms. The molecule has 0 saturated carbocycles. The predicted molar refractivity (Wildman–Crippen MR) is 108 cm³/mol. The first-order valence-electron chi connectivity index (χ1n) is 9.11. The van der Waals surface area contributed by atoms with E-state index in [0.717, 1.165) is 11.9 Å². The van der Waals surface area contributed by atoms with Crippen LogP contribution >= 0.6 is 0 Å². The van der Waals surface area contributed by atoms with Crippen molar-refractivity contribution in [3.8, 4) is 11.5 Å². The lowest BCUT2D eigenvalue weighted by molar-refractivity contribution is -0.122. The highest BCUT2D eigenvalue weighted by atomic mass is 32.2. The van der Waals surface area contributed by atoms with Gasteiger partial charge in [0.15, 0.2) is 9.84 Å². The molecule has 0 aliphatic carbocycles. The topological polar surface area (TPSA) is 122 Å². The fraction of sp³-hybridized carbons (Fsp3) is 0.200. The summed E-state index contributed by atoms with van der Waals surface area (Å²) < 4.78 is 28.5. The molecule has 1 atom stereocenters. The molecule has 1 aliphatic rings. The normalized spacial score (nSPS) is 16.6. The lowest BCUT2D eigenvalue weighted by atomic mass is 10.1. The van der Waals surface area contributed by atoms with Gasteiger partial charge < -0.3 is 9.32 Å². The van der Waals surface area contributed by atoms with Crippen LogP contribution in [0.15, 0.2) is 63.9 Å². The van der Waals surface area contributed by atoms with Crippen molar-refractivity contribution in [1.82, 2.24) is 10.2 Å². The summed E-state index contributed by atoms with van der Waals surface area (Å²) in [6.45, 7) is 0.266. The first-order valence-corrected chi connectivity index (χ1v) is 11.0. The zero-order valence-corrected chi connectivity index (χ0v) is 16.8. The molecular formula is C20H18N4O5S. The van der Waals surface area contributed by atoms with Crippen LogP contribution < -0.4 is 10.2 Å². The number of nitrogens with one attached hydrogen (secondary N) is 1. The van der Waals surface area contributed by atoms with Crippen LogP contribution in [0.25, 0.3) is 11.5 Å². The third-order valence-corrected chi connectivity index (χ3v) is 5.88. The highest BCUT2D eigenvalue weighted by molar-refractivity contribution is 7.90. The van der Waals surface area contributed by atoms with Crippen LogP contribution in [0.2, 0.25) is 0 Å². The summed E-state index contributed by atoms with van der Waals surface area (Å²) in [5.74, 6) is -0.913. The maximum atomic E-state index is 12.6. The van der Waals surface area contributed by atoms with Crippen molar-refractivity contribution < 1.29 is 22.4 Å². The van der Waals surface area contributed by atoms with E-state index in [1.54, 1.807) is 17.0 Å². The van der Waals surface area contributed by atoms with Gasteiger partial charge in [0.25, 0.3) is 0 Å². The standard InChI is InChI=1S/C20H18N4O5S/c1-30(27,28)16-9-7-13(8-10-16)19-22-23-20(29-19)21-18(26)14-11-17(25)24(12-14)15-5-3-2-4-6-15/h2-10,14H,11-12H2,1H3,(H,21,23,26). The van der Waals surface area contributed by atoms with Crippen molar-refractivity contribution in [2.24, 2.45) is 5.92 Å². The first kappa shape index (κ1) is 19.8. The Labute approximate surface area is 172 Å². The van der Waals surface area contributed by atoms with Gasteiger partial charge in [-0.1, -0.05) is 23.3 Å². The summed E-state index contributed by atoms with van der Waals surface area (Å²) >= 11 is 0.